The maximum absolute atomic E-state index is 5.75. The van der Waals surface area contributed by atoms with E-state index in [1.807, 2.05) is 18.2 Å². The van der Waals surface area contributed by atoms with Gasteiger partial charge < -0.3 is 9.47 Å². The molecule has 4 nitrogen and oxygen atoms in total. The average molecular weight is 265 g/mol. The minimum Gasteiger partial charge on any atom is -0.497 e. The summed E-state index contributed by atoms with van der Waals surface area (Å²) in [5.74, 6) is 1.67. The Morgan fingerprint density at radius 3 is 2.53 bits per heavy atom. The zero-order valence-corrected chi connectivity index (χ0v) is 11.9. The molecule has 1 atom stereocenters. The molecule has 1 aliphatic carbocycles. The summed E-state index contributed by atoms with van der Waals surface area (Å²) >= 11 is 0. The van der Waals surface area contributed by atoms with Gasteiger partial charge in [0, 0.05) is 5.56 Å². The summed E-state index contributed by atoms with van der Waals surface area (Å²) in [6.07, 6.45) is 5.18. The van der Waals surface area contributed by atoms with Gasteiger partial charge in [0.25, 0.3) is 0 Å². The van der Waals surface area contributed by atoms with Gasteiger partial charge in [0.15, 0.2) is 0 Å². The number of nitrogens with one attached hydrogen (secondary N) is 1. The molecule has 2 rings (SSSR count). The molecule has 0 aromatic heterocycles. The lowest BCUT2D eigenvalue weighted by Crippen LogP contribution is -2.25. The number of benzene rings is 1. The van der Waals surface area contributed by atoms with E-state index < -0.39 is 0 Å². The monoisotopic (exact) mass is 265 g/mol. The van der Waals surface area contributed by atoms with Crippen LogP contribution in [0.1, 0.15) is 44.2 Å². The van der Waals surface area contributed by atoms with Crippen LogP contribution in [0.3, 0.4) is 0 Å². The van der Waals surface area contributed by atoms with E-state index in [1.54, 1.807) is 14.2 Å². The van der Waals surface area contributed by atoms with Gasteiger partial charge in [0.2, 0.25) is 0 Å². The number of hydroxylamine groups is 1. The van der Waals surface area contributed by atoms with E-state index in [4.69, 9.17) is 14.3 Å². The highest BCUT2D eigenvalue weighted by Crippen LogP contribution is 2.29. The van der Waals surface area contributed by atoms with E-state index in [0.29, 0.717) is 6.10 Å². The fraction of sp³-hybridized carbons (Fsp3) is 0.600. The molecule has 0 saturated heterocycles. The Morgan fingerprint density at radius 2 is 1.89 bits per heavy atom. The van der Waals surface area contributed by atoms with E-state index >= 15 is 0 Å². The SMILES string of the molecule is COc1ccc(OC)c(C(C)NOC2CCCC2)c1. The van der Waals surface area contributed by atoms with Crippen molar-refractivity contribution in [2.75, 3.05) is 14.2 Å². The first-order chi connectivity index (χ1) is 9.24. The number of hydrogen-bond donors (Lipinski definition) is 1. The fourth-order valence-corrected chi connectivity index (χ4v) is 2.45. The van der Waals surface area contributed by atoms with Gasteiger partial charge >= 0.3 is 0 Å². The Bertz CT molecular complexity index is 402. The van der Waals surface area contributed by atoms with Crippen LogP contribution in [0.5, 0.6) is 11.5 Å². The van der Waals surface area contributed by atoms with Crippen molar-refractivity contribution in [3.63, 3.8) is 0 Å². The van der Waals surface area contributed by atoms with Crippen LogP contribution in [0, 0.1) is 0 Å². The Labute approximate surface area is 115 Å². The fourth-order valence-electron chi connectivity index (χ4n) is 2.45. The summed E-state index contributed by atoms with van der Waals surface area (Å²) < 4.78 is 10.6. The maximum atomic E-state index is 5.75. The highest BCUT2D eigenvalue weighted by atomic mass is 16.7. The Kier molecular flexibility index (Phi) is 5.05. The number of hydrogen-bond acceptors (Lipinski definition) is 4. The third kappa shape index (κ3) is 3.61. The lowest BCUT2D eigenvalue weighted by atomic mass is 10.1. The van der Waals surface area contributed by atoms with Crippen molar-refractivity contribution in [3.8, 4) is 11.5 Å². The van der Waals surface area contributed by atoms with Crippen molar-refractivity contribution >= 4 is 0 Å². The molecule has 0 aliphatic heterocycles. The highest BCUT2D eigenvalue weighted by molar-refractivity contribution is 5.41. The van der Waals surface area contributed by atoms with Gasteiger partial charge in [-0.05, 0) is 38.0 Å². The number of methoxy groups -OCH3 is 2. The summed E-state index contributed by atoms with van der Waals surface area (Å²) in [6.45, 7) is 2.06. The van der Waals surface area contributed by atoms with Crippen molar-refractivity contribution < 1.29 is 14.3 Å². The van der Waals surface area contributed by atoms with Gasteiger partial charge in [-0.15, -0.1) is 0 Å². The van der Waals surface area contributed by atoms with Crippen LogP contribution < -0.4 is 15.0 Å². The molecule has 0 spiro atoms. The Morgan fingerprint density at radius 1 is 1.16 bits per heavy atom. The Balaban J connectivity index is 2.01. The quantitative estimate of drug-likeness (QED) is 0.802. The lowest BCUT2D eigenvalue weighted by Gasteiger charge is -2.20. The van der Waals surface area contributed by atoms with Gasteiger partial charge in [-0.1, -0.05) is 12.8 Å². The molecule has 1 aromatic carbocycles. The summed E-state index contributed by atoms with van der Waals surface area (Å²) in [6, 6.07) is 5.86. The zero-order valence-electron chi connectivity index (χ0n) is 11.9. The summed E-state index contributed by atoms with van der Waals surface area (Å²) in [4.78, 5) is 5.75. The van der Waals surface area contributed by atoms with Crippen molar-refractivity contribution in [2.45, 2.75) is 44.8 Å². The van der Waals surface area contributed by atoms with Crippen LogP contribution in [0.15, 0.2) is 18.2 Å². The second-order valence-corrected chi connectivity index (χ2v) is 4.97. The molecule has 1 fully saturated rings. The van der Waals surface area contributed by atoms with E-state index in [9.17, 15) is 0 Å². The molecular weight excluding hydrogens is 242 g/mol. The molecule has 0 amide bonds. The van der Waals surface area contributed by atoms with Crippen LogP contribution in [0.25, 0.3) is 0 Å². The normalized spacial score (nSPS) is 17.4. The van der Waals surface area contributed by atoms with Crippen LogP contribution >= 0.6 is 0 Å². The second-order valence-electron chi connectivity index (χ2n) is 4.97. The topological polar surface area (TPSA) is 39.7 Å². The predicted molar refractivity (Wildman–Crippen MR) is 74.4 cm³/mol. The predicted octanol–water partition coefficient (Wildman–Crippen LogP) is 3.23. The van der Waals surface area contributed by atoms with Crippen LogP contribution in [-0.2, 0) is 4.84 Å². The molecule has 1 aliphatic rings. The van der Waals surface area contributed by atoms with E-state index in [0.717, 1.165) is 29.9 Å². The van der Waals surface area contributed by atoms with Crippen LogP contribution in [0.4, 0.5) is 0 Å². The third-order valence-corrected chi connectivity index (χ3v) is 3.62. The maximum Gasteiger partial charge on any atom is 0.123 e. The molecular formula is C15H23NO3. The average Bonchev–Trinajstić information content (AvgIpc) is 2.97. The molecule has 106 valence electrons. The van der Waals surface area contributed by atoms with E-state index in [1.165, 1.54) is 12.8 Å². The van der Waals surface area contributed by atoms with Crippen LogP contribution in [-0.4, -0.2) is 20.3 Å². The first-order valence-electron chi connectivity index (χ1n) is 6.87. The second kappa shape index (κ2) is 6.78. The molecule has 19 heavy (non-hydrogen) atoms. The summed E-state index contributed by atoms with van der Waals surface area (Å²) in [5.41, 5.74) is 4.17. The van der Waals surface area contributed by atoms with Crippen molar-refractivity contribution in [1.29, 1.82) is 0 Å². The number of rotatable bonds is 6. The third-order valence-electron chi connectivity index (χ3n) is 3.62. The lowest BCUT2D eigenvalue weighted by molar-refractivity contribution is -0.0380. The minimum atomic E-state index is 0.0608. The smallest absolute Gasteiger partial charge is 0.123 e. The molecule has 0 bridgehead atoms. The molecule has 4 heteroatoms. The van der Waals surface area contributed by atoms with Gasteiger partial charge in [-0.25, -0.2) is 0 Å². The van der Waals surface area contributed by atoms with Crippen LogP contribution in [0.2, 0.25) is 0 Å². The summed E-state index contributed by atoms with van der Waals surface area (Å²) in [5, 5.41) is 0. The molecule has 1 N–H and O–H groups in total. The first kappa shape index (κ1) is 14.2. The molecule has 0 heterocycles. The standard InChI is InChI=1S/C15H23NO3/c1-11(16-19-12-6-4-5-7-12)14-10-13(17-2)8-9-15(14)18-3/h8-12,16H,4-7H2,1-3H3. The van der Waals surface area contributed by atoms with E-state index in [2.05, 4.69) is 12.4 Å². The van der Waals surface area contributed by atoms with Gasteiger partial charge in [0.05, 0.1) is 26.4 Å². The molecule has 1 unspecified atom stereocenters. The first-order valence-corrected chi connectivity index (χ1v) is 6.87. The molecule has 1 aromatic rings. The highest BCUT2D eigenvalue weighted by Gasteiger charge is 2.18. The van der Waals surface area contributed by atoms with Crippen molar-refractivity contribution in [3.05, 3.63) is 23.8 Å². The van der Waals surface area contributed by atoms with Gasteiger partial charge in [0.1, 0.15) is 11.5 Å². The van der Waals surface area contributed by atoms with Gasteiger partial charge in [-0.3, -0.25) is 4.84 Å². The zero-order chi connectivity index (χ0) is 13.7. The number of ether oxygens (including phenoxy) is 2. The molecule has 0 radical (unpaired) electrons. The van der Waals surface area contributed by atoms with Gasteiger partial charge in [-0.2, -0.15) is 5.48 Å². The van der Waals surface area contributed by atoms with Crippen molar-refractivity contribution in [2.24, 2.45) is 0 Å². The Hall–Kier alpha value is -1.26. The van der Waals surface area contributed by atoms with Crippen molar-refractivity contribution in [1.82, 2.24) is 5.48 Å². The summed E-state index contributed by atoms with van der Waals surface area (Å²) in [7, 11) is 3.34. The van der Waals surface area contributed by atoms with E-state index in [-0.39, 0.29) is 6.04 Å². The minimum absolute atomic E-state index is 0.0608. The largest absolute Gasteiger partial charge is 0.497 e. The molecule has 1 saturated carbocycles.